The van der Waals surface area contributed by atoms with Gasteiger partial charge in [-0.25, -0.2) is 0 Å². The van der Waals surface area contributed by atoms with E-state index in [4.69, 9.17) is 5.10 Å². The minimum absolute atomic E-state index is 0.240. The molecule has 4 bridgehead atoms. The van der Waals surface area contributed by atoms with E-state index in [1.165, 1.54) is 44.2 Å². The normalized spacial score (nSPS) is 38.4. The van der Waals surface area contributed by atoms with Crippen molar-refractivity contribution in [1.82, 2.24) is 9.78 Å². The quantitative estimate of drug-likeness (QED) is 0.819. The molecule has 0 aliphatic heterocycles. The fourth-order valence-corrected chi connectivity index (χ4v) is 5.70. The van der Waals surface area contributed by atoms with E-state index in [9.17, 15) is 5.26 Å². The fraction of sp³-hybridized carbons (Fsp3) is 0.765. The first kappa shape index (κ1) is 12.4. The average Bonchev–Trinajstić information content (AvgIpc) is 2.81. The molecule has 1 aromatic heterocycles. The first-order valence-corrected chi connectivity index (χ1v) is 8.10. The molecule has 3 nitrogen and oxygen atoms in total. The Morgan fingerprint density at radius 3 is 2.20 bits per heavy atom. The summed E-state index contributed by atoms with van der Waals surface area (Å²) in [6, 6.07) is 2.35. The molecule has 0 unspecified atom stereocenters. The zero-order valence-electron chi connectivity index (χ0n) is 12.5. The van der Waals surface area contributed by atoms with Gasteiger partial charge in [-0.2, -0.15) is 10.4 Å². The summed E-state index contributed by atoms with van der Waals surface area (Å²) in [6.07, 6.45) is 10.0. The van der Waals surface area contributed by atoms with Gasteiger partial charge in [0.05, 0.1) is 23.0 Å². The molecule has 0 N–H and O–H groups in total. The van der Waals surface area contributed by atoms with Crippen LogP contribution in [0.5, 0.6) is 0 Å². The van der Waals surface area contributed by atoms with Gasteiger partial charge in [0.15, 0.2) is 0 Å². The molecular weight excluding hydrogens is 246 g/mol. The van der Waals surface area contributed by atoms with Crippen molar-refractivity contribution in [3.05, 3.63) is 17.5 Å². The molecule has 0 spiro atoms. The highest BCUT2D eigenvalue weighted by Crippen LogP contribution is 2.59. The Bertz CT molecular complexity index is 540. The van der Waals surface area contributed by atoms with E-state index < -0.39 is 0 Å². The van der Waals surface area contributed by atoms with Crippen LogP contribution in [0.2, 0.25) is 0 Å². The zero-order valence-corrected chi connectivity index (χ0v) is 12.5. The van der Waals surface area contributed by atoms with E-state index in [-0.39, 0.29) is 5.54 Å². The monoisotopic (exact) mass is 269 g/mol. The van der Waals surface area contributed by atoms with Crippen LogP contribution in [0.1, 0.15) is 69.5 Å². The molecule has 106 valence electrons. The fourth-order valence-electron chi connectivity index (χ4n) is 5.70. The SMILES string of the molecule is CC(C)c1c(C#N)cnn1C12CC3CC(CC(C3)C1)C2. The van der Waals surface area contributed by atoms with Crippen molar-refractivity contribution >= 4 is 0 Å². The molecule has 3 heteroatoms. The van der Waals surface area contributed by atoms with E-state index in [2.05, 4.69) is 24.6 Å². The van der Waals surface area contributed by atoms with Crippen LogP contribution in [-0.2, 0) is 5.54 Å². The largest absolute Gasteiger partial charge is 0.262 e. The Hall–Kier alpha value is -1.30. The van der Waals surface area contributed by atoms with Gasteiger partial charge in [-0.15, -0.1) is 0 Å². The lowest BCUT2D eigenvalue weighted by molar-refractivity contribution is -0.0510. The van der Waals surface area contributed by atoms with Crippen LogP contribution in [0.4, 0.5) is 0 Å². The number of hydrogen-bond donors (Lipinski definition) is 0. The predicted octanol–water partition coefficient (Wildman–Crippen LogP) is 3.80. The number of aromatic nitrogens is 2. The summed E-state index contributed by atoms with van der Waals surface area (Å²) in [4.78, 5) is 0. The molecule has 0 saturated heterocycles. The topological polar surface area (TPSA) is 41.6 Å². The molecule has 4 fully saturated rings. The van der Waals surface area contributed by atoms with Crippen molar-refractivity contribution in [2.45, 2.75) is 63.8 Å². The number of nitrogens with zero attached hydrogens (tertiary/aromatic N) is 3. The van der Waals surface area contributed by atoms with Crippen LogP contribution in [0.15, 0.2) is 6.20 Å². The summed E-state index contributed by atoms with van der Waals surface area (Å²) < 4.78 is 2.29. The van der Waals surface area contributed by atoms with E-state index in [1.807, 2.05) is 0 Å². The Labute approximate surface area is 121 Å². The highest BCUT2D eigenvalue weighted by Gasteiger charge is 2.53. The predicted molar refractivity (Wildman–Crippen MR) is 77.2 cm³/mol. The highest BCUT2D eigenvalue weighted by atomic mass is 15.3. The zero-order chi connectivity index (χ0) is 13.9. The van der Waals surface area contributed by atoms with Gasteiger partial charge in [-0.1, -0.05) is 13.8 Å². The molecule has 4 saturated carbocycles. The molecule has 0 atom stereocenters. The summed E-state index contributed by atoms with van der Waals surface area (Å²) in [7, 11) is 0. The van der Waals surface area contributed by atoms with E-state index in [0.717, 1.165) is 23.3 Å². The molecule has 20 heavy (non-hydrogen) atoms. The second kappa shape index (κ2) is 4.10. The van der Waals surface area contributed by atoms with Gasteiger partial charge < -0.3 is 0 Å². The van der Waals surface area contributed by atoms with Crippen LogP contribution in [0.3, 0.4) is 0 Å². The van der Waals surface area contributed by atoms with Crippen LogP contribution < -0.4 is 0 Å². The second-order valence-corrected chi connectivity index (χ2v) is 7.76. The third-order valence-electron chi connectivity index (χ3n) is 5.93. The summed E-state index contributed by atoms with van der Waals surface area (Å²) >= 11 is 0. The third-order valence-corrected chi connectivity index (χ3v) is 5.93. The maximum Gasteiger partial charge on any atom is 0.103 e. The molecule has 1 heterocycles. The third kappa shape index (κ3) is 1.60. The Morgan fingerprint density at radius 2 is 1.75 bits per heavy atom. The van der Waals surface area contributed by atoms with Gasteiger partial charge in [0, 0.05) is 0 Å². The van der Waals surface area contributed by atoms with E-state index >= 15 is 0 Å². The van der Waals surface area contributed by atoms with Crippen molar-refractivity contribution in [2.24, 2.45) is 17.8 Å². The average molecular weight is 269 g/mol. The van der Waals surface area contributed by atoms with Crippen LogP contribution in [0.25, 0.3) is 0 Å². The highest BCUT2D eigenvalue weighted by molar-refractivity contribution is 5.34. The summed E-state index contributed by atoms with van der Waals surface area (Å²) in [5, 5.41) is 14.1. The molecular formula is C17H23N3. The Kier molecular flexibility index (Phi) is 2.55. The van der Waals surface area contributed by atoms with E-state index in [0.29, 0.717) is 5.92 Å². The van der Waals surface area contributed by atoms with Gasteiger partial charge in [0.2, 0.25) is 0 Å². The van der Waals surface area contributed by atoms with Crippen molar-refractivity contribution in [1.29, 1.82) is 5.26 Å². The maximum atomic E-state index is 9.36. The Morgan fingerprint density at radius 1 is 1.20 bits per heavy atom. The lowest BCUT2D eigenvalue weighted by Gasteiger charge is -2.57. The van der Waals surface area contributed by atoms with Gasteiger partial charge >= 0.3 is 0 Å². The van der Waals surface area contributed by atoms with Crippen LogP contribution in [0, 0.1) is 29.1 Å². The van der Waals surface area contributed by atoms with Crippen molar-refractivity contribution in [3.8, 4) is 6.07 Å². The summed E-state index contributed by atoms with van der Waals surface area (Å²) in [5.74, 6) is 3.11. The van der Waals surface area contributed by atoms with Gasteiger partial charge in [0.1, 0.15) is 6.07 Å². The Balaban J connectivity index is 1.81. The standard InChI is InChI=1S/C17H23N3/c1-11(2)16-15(9-18)10-19-20(16)17-6-12-3-13(7-17)5-14(4-12)8-17/h10-14H,3-8H2,1-2H3. The number of hydrogen-bond acceptors (Lipinski definition) is 2. The molecule has 1 aromatic rings. The maximum absolute atomic E-state index is 9.36. The minimum atomic E-state index is 0.240. The lowest BCUT2D eigenvalue weighted by Crippen LogP contribution is -2.52. The van der Waals surface area contributed by atoms with E-state index in [1.54, 1.807) is 6.20 Å². The number of rotatable bonds is 2. The van der Waals surface area contributed by atoms with Crippen molar-refractivity contribution in [3.63, 3.8) is 0 Å². The molecule has 4 aliphatic rings. The lowest BCUT2D eigenvalue weighted by atomic mass is 9.53. The van der Waals surface area contributed by atoms with Gasteiger partial charge in [-0.3, -0.25) is 4.68 Å². The van der Waals surface area contributed by atoms with Crippen LogP contribution in [-0.4, -0.2) is 9.78 Å². The van der Waals surface area contributed by atoms with Gasteiger partial charge in [-0.05, 0) is 62.2 Å². The molecule has 0 aromatic carbocycles. The summed E-state index contributed by atoms with van der Waals surface area (Å²) in [6.45, 7) is 4.38. The smallest absolute Gasteiger partial charge is 0.103 e. The second-order valence-electron chi connectivity index (χ2n) is 7.76. The van der Waals surface area contributed by atoms with Crippen molar-refractivity contribution in [2.75, 3.05) is 0 Å². The molecule has 4 aliphatic carbocycles. The van der Waals surface area contributed by atoms with Crippen molar-refractivity contribution < 1.29 is 0 Å². The van der Waals surface area contributed by atoms with Crippen LogP contribution >= 0.6 is 0 Å². The molecule has 5 rings (SSSR count). The molecule has 0 radical (unpaired) electrons. The minimum Gasteiger partial charge on any atom is -0.262 e. The van der Waals surface area contributed by atoms with Gasteiger partial charge in [0.25, 0.3) is 0 Å². The molecule has 0 amide bonds. The number of nitriles is 1. The summed E-state index contributed by atoms with van der Waals surface area (Å²) in [5.41, 5.74) is 2.20. The first-order chi connectivity index (χ1) is 9.61. The first-order valence-electron chi connectivity index (χ1n) is 8.10.